The molecule has 4 nitrogen and oxygen atoms in total. The first-order valence-electron chi connectivity index (χ1n) is 11.0. The summed E-state index contributed by atoms with van der Waals surface area (Å²) in [7, 11) is 3.42. The second kappa shape index (κ2) is 9.88. The normalized spacial score (nSPS) is 14.4. The third kappa shape index (κ3) is 5.02. The largest absolute Gasteiger partial charge is 0.508 e. The van der Waals surface area contributed by atoms with Crippen molar-refractivity contribution in [3.63, 3.8) is 0 Å². The Balaban J connectivity index is 1.68. The van der Waals surface area contributed by atoms with E-state index in [2.05, 4.69) is 47.4 Å². The molecule has 0 spiro atoms. The molecule has 0 aliphatic carbocycles. The maximum absolute atomic E-state index is 10.0. The number of phenols is 1. The van der Waals surface area contributed by atoms with Crippen molar-refractivity contribution in [3.05, 3.63) is 88.5 Å². The molecule has 0 amide bonds. The molecule has 4 heteroatoms. The molecule has 0 radical (unpaired) electrons. The number of aryl methyl sites for hydroxylation is 2. The van der Waals surface area contributed by atoms with Crippen LogP contribution in [-0.2, 0) is 32.2 Å². The molecule has 1 aliphatic rings. The molecule has 0 atom stereocenters. The Bertz CT molecular complexity index is 1020. The van der Waals surface area contributed by atoms with E-state index in [1.807, 2.05) is 12.1 Å². The van der Waals surface area contributed by atoms with Crippen LogP contribution >= 0.6 is 0 Å². The van der Waals surface area contributed by atoms with Crippen molar-refractivity contribution in [2.45, 2.75) is 32.2 Å². The summed E-state index contributed by atoms with van der Waals surface area (Å²) >= 11 is 0. The van der Waals surface area contributed by atoms with Crippen molar-refractivity contribution in [1.82, 2.24) is 4.90 Å². The van der Waals surface area contributed by atoms with Gasteiger partial charge in [-0.1, -0.05) is 42.5 Å². The fourth-order valence-electron chi connectivity index (χ4n) is 4.50. The zero-order chi connectivity index (χ0) is 21.6. The van der Waals surface area contributed by atoms with Crippen LogP contribution in [0.4, 0.5) is 0 Å². The minimum atomic E-state index is 0.346. The van der Waals surface area contributed by atoms with E-state index in [0.717, 1.165) is 56.8 Å². The summed E-state index contributed by atoms with van der Waals surface area (Å²) in [4.78, 5) is 2.49. The Kier molecular flexibility index (Phi) is 6.78. The van der Waals surface area contributed by atoms with E-state index in [4.69, 9.17) is 9.47 Å². The molecule has 1 aliphatic heterocycles. The first kappa shape index (κ1) is 21.3. The Hall–Kier alpha value is -2.98. The highest BCUT2D eigenvalue weighted by Crippen LogP contribution is 2.36. The molecule has 4 rings (SSSR count). The van der Waals surface area contributed by atoms with E-state index < -0.39 is 0 Å². The van der Waals surface area contributed by atoms with Crippen molar-refractivity contribution in [3.8, 4) is 17.2 Å². The second-order valence-electron chi connectivity index (χ2n) is 8.15. The highest BCUT2D eigenvalue weighted by Gasteiger charge is 2.20. The number of phenolic OH excluding ortho intramolecular Hbond substituents is 1. The first-order valence-corrected chi connectivity index (χ1v) is 11.0. The van der Waals surface area contributed by atoms with Crippen molar-refractivity contribution in [2.24, 2.45) is 0 Å². The lowest BCUT2D eigenvalue weighted by Gasteiger charge is -2.27. The van der Waals surface area contributed by atoms with Crippen LogP contribution < -0.4 is 9.47 Å². The van der Waals surface area contributed by atoms with Crippen molar-refractivity contribution in [1.29, 1.82) is 0 Å². The fraction of sp³-hybridized carbons (Fsp3) is 0.333. The van der Waals surface area contributed by atoms with E-state index in [0.29, 0.717) is 5.75 Å². The van der Waals surface area contributed by atoms with Crippen LogP contribution in [0, 0.1) is 0 Å². The topological polar surface area (TPSA) is 41.9 Å². The number of fused-ring (bicyclic) bond motifs is 2. The minimum absolute atomic E-state index is 0.346. The van der Waals surface area contributed by atoms with Crippen LogP contribution in [0.2, 0.25) is 0 Å². The summed E-state index contributed by atoms with van der Waals surface area (Å²) in [5, 5.41) is 10.0. The van der Waals surface area contributed by atoms with Crippen LogP contribution in [-0.4, -0.2) is 37.3 Å². The van der Waals surface area contributed by atoms with Gasteiger partial charge in [-0.15, -0.1) is 0 Å². The zero-order valence-electron chi connectivity index (χ0n) is 18.4. The van der Waals surface area contributed by atoms with Crippen LogP contribution in [0.5, 0.6) is 17.2 Å². The highest BCUT2D eigenvalue weighted by molar-refractivity contribution is 5.51. The molecule has 31 heavy (non-hydrogen) atoms. The van der Waals surface area contributed by atoms with Crippen molar-refractivity contribution >= 4 is 0 Å². The highest BCUT2D eigenvalue weighted by atomic mass is 16.5. The van der Waals surface area contributed by atoms with Gasteiger partial charge in [-0.2, -0.15) is 0 Å². The Morgan fingerprint density at radius 2 is 1.61 bits per heavy atom. The predicted octanol–water partition coefficient (Wildman–Crippen LogP) is 4.80. The monoisotopic (exact) mass is 417 g/mol. The van der Waals surface area contributed by atoms with E-state index in [1.54, 1.807) is 20.3 Å². The van der Waals surface area contributed by atoms with Crippen LogP contribution in [0.25, 0.3) is 0 Å². The number of rotatable bonds is 5. The van der Waals surface area contributed by atoms with E-state index >= 15 is 0 Å². The van der Waals surface area contributed by atoms with Gasteiger partial charge in [0.2, 0.25) is 0 Å². The SMILES string of the molecule is COc1ccc2c(c1OC)CN(CCc1ccccc1)CCc1cc(O)ccc1CC2. The summed E-state index contributed by atoms with van der Waals surface area (Å²) in [6.45, 7) is 2.69. The van der Waals surface area contributed by atoms with Gasteiger partial charge in [0.15, 0.2) is 11.5 Å². The maximum Gasteiger partial charge on any atom is 0.165 e. The molecule has 0 aromatic heterocycles. The second-order valence-corrected chi connectivity index (χ2v) is 8.15. The van der Waals surface area contributed by atoms with Gasteiger partial charge < -0.3 is 14.6 Å². The Labute approximate surface area is 185 Å². The van der Waals surface area contributed by atoms with Crippen LogP contribution in [0.15, 0.2) is 60.7 Å². The summed E-state index contributed by atoms with van der Waals surface area (Å²) in [5.74, 6) is 1.97. The molecule has 1 heterocycles. The van der Waals surface area contributed by atoms with E-state index in [9.17, 15) is 5.11 Å². The van der Waals surface area contributed by atoms with Crippen LogP contribution in [0.1, 0.15) is 27.8 Å². The predicted molar refractivity (Wildman–Crippen MR) is 124 cm³/mol. The number of aromatic hydroxyl groups is 1. The number of methoxy groups -OCH3 is 2. The summed E-state index contributed by atoms with van der Waals surface area (Å²) in [5.41, 5.74) is 6.41. The lowest BCUT2D eigenvalue weighted by Crippen LogP contribution is -2.29. The molecule has 0 saturated heterocycles. The molecule has 162 valence electrons. The van der Waals surface area contributed by atoms with Gasteiger partial charge in [0.25, 0.3) is 0 Å². The Morgan fingerprint density at radius 3 is 2.39 bits per heavy atom. The average molecular weight is 418 g/mol. The molecule has 0 unspecified atom stereocenters. The van der Waals surface area contributed by atoms with Gasteiger partial charge in [-0.3, -0.25) is 4.90 Å². The number of nitrogens with zero attached hydrogens (tertiary/aromatic N) is 1. The lowest BCUT2D eigenvalue weighted by atomic mass is 9.93. The average Bonchev–Trinajstić information content (AvgIpc) is 2.80. The number of hydrogen-bond acceptors (Lipinski definition) is 4. The molecular weight excluding hydrogens is 386 g/mol. The Morgan fingerprint density at radius 1 is 0.839 bits per heavy atom. The fourth-order valence-corrected chi connectivity index (χ4v) is 4.50. The van der Waals surface area contributed by atoms with Gasteiger partial charge in [0.1, 0.15) is 5.75 Å². The maximum atomic E-state index is 10.0. The number of hydrogen-bond donors (Lipinski definition) is 1. The van der Waals surface area contributed by atoms with Gasteiger partial charge in [0.05, 0.1) is 14.2 Å². The van der Waals surface area contributed by atoms with E-state index in [-0.39, 0.29) is 0 Å². The molecular formula is C27H31NO3. The van der Waals surface area contributed by atoms with Gasteiger partial charge in [-0.05, 0) is 66.1 Å². The minimum Gasteiger partial charge on any atom is -0.508 e. The molecule has 3 aromatic rings. The van der Waals surface area contributed by atoms with Gasteiger partial charge in [-0.25, -0.2) is 0 Å². The third-order valence-electron chi connectivity index (χ3n) is 6.24. The number of benzene rings is 3. The number of ether oxygens (including phenoxy) is 2. The first-order chi connectivity index (χ1) is 15.2. The molecule has 1 N–H and O–H groups in total. The van der Waals surface area contributed by atoms with Crippen molar-refractivity contribution < 1.29 is 14.6 Å². The summed E-state index contributed by atoms with van der Waals surface area (Å²) < 4.78 is 11.4. The summed E-state index contributed by atoms with van der Waals surface area (Å²) in [6.07, 6.45) is 3.79. The van der Waals surface area contributed by atoms with Crippen molar-refractivity contribution in [2.75, 3.05) is 27.3 Å². The summed E-state index contributed by atoms with van der Waals surface area (Å²) in [6, 6.07) is 20.6. The quantitative estimate of drug-likeness (QED) is 0.648. The third-order valence-corrected chi connectivity index (χ3v) is 6.24. The molecule has 0 saturated carbocycles. The van der Waals surface area contributed by atoms with Crippen LogP contribution in [0.3, 0.4) is 0 Å². The zero-order valence-corrected chi connectivity index (χ0v) is 18.4. The molecule has 3 aromatic carbocycles. The molecule has 0 bridgehead atoms. The molecule has 0 fully saturated rings. The standard InChI is InChI=1S/C27H31NO3/c1-30-26-13-11-22-9-8-21-10-12-24(29)18-23(21)15-17-28(19-25(22)27(26)31-2)16-14-20-6-4-3-5-7-20/h3-7,10-13,18,29H,8-9,14-17,19H2,1-2H3. The van der Waals surface area contributed by atoms with E-state index in [1.165, 1.54) is 27.8 Å². The van der Waals surface area contributed by atoms with Gasteiger partial charge in [0, 0.05) is 25.2 Å². The smallest absolute Gasteiger partial charge is 0.165 e. The lowest BCUT2D eigenvalue weighted by molar-refractivity contribution is 0.263. The van der Waals surface area contributed by atoms with Gasteiger partial charge >= 0.3 is 0 Å².